The lowest BCUT2D eigenvalue weighted by Gasteiger charge is -2.13. The molecule has 0 bridgehead atoms. The third-order valence-electron chi connectivity index (χ3n) is 3.97. The van der Waals surface area contributed by atoms with Crippen molar-refractivity contribution in [3.63, 3.8) is 0 Å². The molecule has 3 rings (SSSR count). The van der Waals surface area contributed by atoms with Gasteiger partial charge in [0.05, 0.1) is 20.7 Å². The second-order valence-electron chi connectivity index (χ2n) is 6.04. The van der Waals surface area contributed by atoms with Crippen LogP contribution in [-0.4, -0.2) is 12.5 Å². The van der Waals surface area contributed by atoms with Crippen molar-refractivity contribution in [2.45, 2.75) is 6.18 Å². The van der Waals surface area contributed by atoms with Crippen LogP contribution in [-0.2, 0) is 11.0 Å². The van der Waals surface area contributed by atoms with Crippen LogP contribution >= 0.6 is 27.5 Å². The summed E-state index contributed by atoms with van der Waals surface area (Å²) in [6.45, 7) is -0.393. The maximum Gasteiger partial charge on any atom is 0.416 e. The van der Waals surface area contributed by atoms with E-state index in [9.17, 15) is 18.0 Å². The molecule has 0 radical (unpaired) electrons. The molecule has 8 heteroatoms. The van der Waals surface area contributed by atoms with Gasteiger partial charge in [0.1, 0.15) is 5.75 Å². The van der Waals surface area contributed by atoms with E-state index in [0.29, 0.717) is 10.2 Å². The number of alkyl halides is 3. The van der Waals surface area contributed by atoms with E-state index >= 15 is 0 Å². The largest absolute Gasteiger partial charge is 0.483 e. The second-order valence-corrected chi connectivity index (χ2v) is 7.30. The van der Waals surface area contributed by atoms with Crippen molar-refractivity contribution in [1.82, 2.24) is 0 Å². The SMILES string of the molecule is O=C(COc1ccc(-c2ccccc2)cc1Br)Nc1cc(C(F)(F)F)ccc1Cl. The number of amides is 1. The predicted molar refractivity (Wildman–Crippen MR) is 110 cm³/mol. The maximum absolute atomic E-state index is 12.8. The lowest BCUT2D eigenvalue weighted by atomic mass is 10.1. The highest BCUT2D eigenvalue weighted by atomic mass is 79.9. The van der Waals surface area contributed by atoms with Crippen molar-refractivity contribution in [3.05, 3.63) is 81.8 Å². The van der Waals surface area contributed by atoms with E-state index in [1.807, 2.05) is 42.5 Å². The molecule has 0 fully saturated rings. The van der Waals surface area contributed by atoms with Gasteiger partial charge in [-0.25, -0.2) is 0 Å². The summed E-state index contributed by atoms with van der Waals surface area (Å²) in [5, 5.41) is 2.34. The molecule has 150 valence electrons. The zero-order valence-electron chi connectivity index (χ0n) is 14.8. The van der Waals surface area contributed by atoms with Gasteiger partial charge in [-0.05, 0) is 57.4 Å². The van der Waals surface area contributed by atoms with Crippen LogP contribution < -0.4 is 10.1 Å². The summed E-state index contributed by atoms with van der Waals surface area (Å²) >= 11 is 9.28. The number of carbonyl (C=O) groups excluding carboxylic acids is 1. The van der Waals surface area contributed by atoms with Gasteiger partial charge >= 0.3 is 6.18 Å². The average Bonchev–Trinajstić information content (AvgIpc) is 2.68. The number of nitrogens with one attached hydrogen (secondary N) is 1. The Hall–Kier alpha value is -2.51. The van der Waals surface area contributed by atoms with E-state index in [1.165, 1.54) is 0 Å². The topological polar surface area (TPSA) is 38.3 Å². The van der Waals surface area contributed by atoms with Gasteiger partial charge in [0.15, 0.2) is 6.61 Å². The molecule has 0 aliphatic heterocycles. The highest BCUT2D eigenvalue weighted by Gasteiger charge is 2.31. The van der Waals surface area contributed by atoms with Crippen LogP contribution in [0.1, 0.15) is 5.56 Å². The molecule has 0 unspecified atom stereocenters. The number of carbonyl (C=O) groups is 1. The van der Waals surface area contributed by atoms with E-state index in [1.54, 1.807) is 6.07 Å². The summed E-state index contributed by atoms with van der Waals surface area (Å²) in [6.07, 6.45) is -4.54. The lowest BCUT2D eigenvalue weighted by molar-refractivity contribution is -0.137. The Morgan fingerprint density at radius 2 is 1.72 bits per heavy atom. The number of anilines is 1. The Kier molecular flexibility index (Phi) is 6.49. The standard InChI is InChI=1S/C21H14BrClF3NO2/c22-16-10-14(13-4-2-1-3-5-13)6-9-19(16)29-12-20(28)27-18-11-15(21(24,25)26)7-8-17(18)23/h1-11H,12H2,(H,27,28). The summed E-state index contributed by atoms with van der Waals surface area (Å²) in [5.41, 5.74) is 0.952. The first kappa shape index (κ1) is 21.2. The number of ether oxygens (including phenoxy) is 1. The summed E-state index contributed by atoms with van der Waals surface area (Å²) in [5.74, 6) is -0.208. The number of benzene rings is 3. The molecular weight excluding hydrogens is 471 g/mol. The van der Waals surface area contributed by atoms with Crippen molar-refractivity contribution in [2.24, 2.45) is 0 Å². The smallest absolute Gasteiger partial charge is 0.416 e. The van der Waals surface area contributed by atoms with Crippen LogP contribution in [0, 0.1) is 0 Å². The molecular formula is C21H14BrClF3NO2. The zero-order valence-corrected chi connectivity index (χ0v) is 17.1. The van der Waals surface area contributed by atoms with Crippen LogP contribution in [0.15, 0.2) is 71.2 Å². The zero-order chi connectivity index (χ0) is 21.0. The summed E-state index contributed by atoms with van der Waals surface area (Å²) in [4.78, 5) is 12.1. The quantitative estimate of drug-likeness (QED) is 0.432. The molecule has 0 atom stereocenters. The first-order valence-corrected chi connectivity index (χ1v) is 9.55. The Labute approximate surface area is 178 Å². The monoisotopic (exact) mass is 483 g/mol. The molecule has 0 spiro atoms. The van der Waals surface area contributed by atoms with E-state index in [4.69, 9.17) is 16.3 Å². The van der Waals surface area contributed by atoms with Crippen molar-refractivity contribution in [3.8, 4) is 16.9 Å². The van der Waals surface area contributed by atoms with Crippen molar-refractivity contribution >= 4 is 39.1 Å². The van der Waals surface area contributed by atoms with E-state index < -0.39 is 24.3 Å². The van der Waals surface area contributed by atoms with Crippen LogP contribution in [0.3, 0.4) is 0 Å². The molecule has 1 amide bonds. The van der Waals surface area contributed by atoms with Crippen molar-refractivity contribution in [1.29, 1.82) is 0 Å². The fourth-order valence-electron chi connectivity index (χ4n) is 2.56. The number of rotatable bonds is 5. The normalized spacial score (nSPS) is 11.2. The average molecular weight is 485 g/mol. The second kappa shape index (κ2) is 8.88. The van der Waals surface area contributed by atoms with Crippen LogP contribution in [0.5, 0.6) is 5.75 Å². The molecule has 0 aromatic heterocycles. The molecule has 0 aliphatic rings. The van der Waals surface area contributed by atoms with Gasteiger partial charge in [-0.15, -0.1) is 0 Å². The number of hydrogen-bond acceptors (Lipinski definition) is 2. The molecule has 0 saturated heterocycles. The molecule has 0 saturated carbocycles. The molecule has 3 nitrogen and oxygen atoms in total. The minimum absolute atomic E-state index is 0.000237. The van der Waals surface area contributed by atoms with E-state index in [0.717, 1.165) is 29.3 Å². The third-order valence-corrected chi connectivity index (χ3v) is 4.91. The Morgan fingerprint density at radius 3 is 2.38 bits per heavy atom. The van der Waals surface area contributed by atoms with Gasteiger partial charge < -0.3 is 10.1 Å². The Balaban J connectivity index is 1.66. The summed E-state index contributed by atoms with van der Waals surface area (Å²) < 4.78 is 44.6. The molecule has 3 aromatic carbocycles. The summed E-state index contributed by atoms with van der Waals surface area (Å²) in [7, 11) is 0. The van der Waals surface area contributed by atoms with Crippen molar-refractivity contribution in [2.75, 3.05) is 11.9 Å². The first-order chi connectivity index (χ1) is 13.7. The molecule has 0 heterocycles. The first-order valence-electron chi connectivity index (χ1n) is 8.38. The molecule has 3 aromatic rings. The Morgan fingerprint density at radius 1 is 1.00 bits per heavy atom. The summed E-state index contributed by atoms with van der Waals surface area (Å²) in [6, 6.07) is 17.8. The van der Waals surface area contributed by atoms with E-state index in [-0.39, 0.29) is 10.7 Å². The van der Waals surface area contributed by atoms with Gasteiger partial charge in [0.25, 0.3) is 5.91 Å². The number of halogens is 5. The minimum atomic E-state index is -4.54. The van der Waals surface area contributed by atoms with E-state index in [2.05, 4.69) is 21.2 Å². The minimum Gasteiger partial charge on any atom is -0.483 e. The Bertz CT molecular complexity index is 1030. The maximum atomic E-state index is 12.8. The van der Waals surface area contributed by atoms with Gasteiger partial charge in [0, 0.05) is 0 Å². The van der Waals surface area contributed by atoms with Gasteiger partial charge in [-0.1, -0.05) is 48.0 Å². The van der Waals surface area contributed by atoms with Crippen LogP contribution in [0.2, 0.25) is 5.02 Å². The van der Waals surface area contributed by atoms with Gasteiger partial charge in [-0.2, -0.15) is 13.2 Å². The lowest BCUT2D eigenvalue weighted by Crippen LogP contribution is -2.21. The highest BCUT2D eigenvalue weighted by molar-refractivity contribution is 9.10. The predicted octanol–water partition coefficient (Wildman–Crippen LogP) is 6.81. The fourth-order valence-corrected chi connectivity index (χ4v) is 3.21. The molecule has 29 heavy (non-hydrogen) atoms. The van der Waals surface area contributed by atoms with Gasteiger partial charge in [0.2, 0.25) is 0 Å². The molecule has 0 aliphatic carbocycles. The third kappa shape index (κ3) is 5.52. The van der Waals surface area contributed by atoms with Crippen molar-refractivity contribution < 1.29 is 22.7 Å². The molecule has 1 N–H and O–H groups in total. The van der Waals surface area contributed by atoms with Gasteiger partial charge in [-0.3, -0.25) is 4.79 Å². The highest BCUT2D eigenvalue weighted by Crippen LogP contribution is 2.34. The van der Waals surface area contributed by atoms with Crippen LogP contribution in [0.25, 0.3) is 11.1 Å². The number of hydrogen-bond donors (Lipinski definition) is 1. The fraction of sp³-hybridized carbons (Fsp3) is 0.0952. The van der Waals surface area contributed by atoms with Crippen LogP contribution in [0.4, 0.5) is 18.9 Å².